The molecule has 0 fully saturated rings. The van der Waals surface area contributed by atoms with Crippen LogP contribution < -0.4 is 11.1 Å². The maximum absolute atomic E-state index is 12.0. The molecule has 1 aromatic carbocycles. The van der Waals surface area contributed by atoms with Crippen molar-refractivity contribution in [2.45, 2.75) is 25.4 Å². The van der Waals surface area contributed by atoms with Crippen LogP contribution in [-0.2, 0) is 13.0 Å². The number of nitrogens with two attached hydrogens (primary N) is 1. The number of rotatable bonds is 3. The number of amides is 1. The van der Waals surface area contributed by atoms with Gasteiger partial charge in [0.15, 0.2) is 5.82 Å². The average molecular weight is 258 g/mol. The van der Waals surface area contributed by atoms with Crippen molar-refractivity contribution in [2.24, 2.45) is 5.73 Å². The highest BCUT2D eigenvalue weighted by molar-refractivity contribution is 5.89. The van der Waals surface area contributed by atoms with Crippen LogP contribution >= 0.6 is 0 Å². The fraction of sp³-hybridized carbons (Fsp3) is 0.308. The molecule has 1 aliphatic rings. The van der Waals surface area contributed by atoms with E-state index >= 15 is 0 Å². The van der Waals surface area contributed by atoms with E-state index in [1.807, 2.05) is 18.2 Å². The first-order valence-electron chi connectivity index (χ1n) is 6.19. The highest BCUT2D eigenvalue weighted by Crippen LogP contribution is 2.30. The van der Waals surface area contributed by atoms with Gasteiger partial charge in [0, 0.05) is 0 Å². The first-order chi connectivity index (χ1) is 9.28. The minimum atomic E-state index is -0.353. The van der Waals surface area contributed by atoms with Crippen molar-refractivity contribution >= 4 is 5.91 Å². The quantitative estimate of drug-likeness (QED) is 0.854. The molecule has 0 saturated carbocycles. The Labute approximate surface area is 110 Å². The molecule has 19 heavy (non-hydrogen) atoms. The number of aryl methyl sites for hydroxylation is 1. The fourth-order valence-electron chi connectivity index (χ4n) is 2.36. The summed E-state index contributed by atoms with van der Waals surface area (Å²) in [6.45, 7) is 0.156. The Hall–Kier alpha value is -2.21. The Morgan fingerprint density at radius 2 is 2.32 bits per heavy atom. The lowest BCUT2D eigenvalue weighted by Gasteiger charge is -2.11. The van der Waals surface area contributed by atoms with Crippen LogP contribution in [0.1, 0.15) is 40.1 Å². The molecule has 1 atom stereocenters. The molecule has 6 heteroatoms. The Morgan fingerprint density at radius 1 is 1.47 bits per heavy atom. The summed E-state index contributed by atoms with van der Waals surface area (Å²) < 4.78 is 4.86. The second-order valence-corrected chi connectivity index (χ2v) is 4.48. The van der Waals surface area contributed by atoms with Gasteiger partial charge in [-0.2, -0.15) is 4.98 Å². The molecule has 0 aliphatic heterocycles. The van der Waals surface area contributed by atoms with Crippen LogP contribution in [0, 0.1) is 0 Å². The summed E-state index contributed by atoms with van der Waals surface area (Å²) >= 11 is 0. The van der Waals surface area contributed by atoms with E-state index < -0.39 is 0 Å². The van der Waals surface area contributed by atoms with Crippen LogP contribution in [0.3, 0.4) is 0 Å². The molecule has 0 saturated heterocycles. The molecule has 0 bridgehead atoms. The van der Waals surface area contributed by atoms with E-state index in [2.05, 4.69) is 21.5 Å². The highest BCUT2D eigenvalue weighted by atomic mass is 16.5. The van der Waals surface area contributed by atoms with Gasteiger partial charge >= 0.3 is 11.8 Å². The van der Waals surface area contributed by atoms with E-state index in [0.717, 1.165) is 18.4 Å². The third-order valence-electron chi connectivity index (χ3n) is 3.28. The molecule has 0 spiro atoms. The van der Waals surface area contributed by atoms with E-state index in [-0.39, 0.29) is 24.4 Å². The second kappa shape index (κ2) is 4.81. The first-order valence-corrected chi connectivity index (χ1v) is 6.19. The normalized spacial score (nSPS) is 17.2. The second-order valence-electron chi connectivity index (χ2n) is 4.48. The minimum Gasteiger partial charge on any atom is -0.341 e. The molecule has 1 heterocycles. The van der Waals surface area contributed by atoms with Crippen molar-refractivity contribution in [3.05, 3.63) is 47.1 Å². The van der Waals surface area contributed by atoms with Gasteiger partial charge in [0.2, 0.25) is 0 Å². The predicted octanol–water partition coefficient (Wildman–Crippen LogP) is 0.946. The molecule has 6 nitrogen and oxygen atoms in total. The third-order valence-corrected chi connectivity index (χ3v) is 3.28. The standard InChI is InChI=1S/C13H14N4O2/c14-7-11-16-13(19-17-11)12(18)15-10-6-5-8-3-1-2-4-9(8)10/h1-4,10H,5-7,14H2,(H,15,18)/t10-/m1/s1. The molecule has 0 unspecified atom stereocenters. The molecule has 2 aromatic rings. The molecule has 3 rings (SSSR count). The van der Waals surface area contributed by atoms with Crippen molar-refractivity contribution in [1.82, 2.24) is 15.5 Å². The van der Waals surface area contributed by atoms with Gasteiger partial charge in [0.1, 0.15) is 0 Å². The first kappa shape index (κ1) is 11.9. The number of hydrogen-bond donors (Lipinski definition) is 2. The number of aromatic nitrogens is 2. The van der Waals surface area contributed by atoms with Crippen LogP contribution in [0.15, 0.2) is 28.8 Å². The molecular weight excluding hydrogens is 244 g/mol. The Bertz CT molecular complexity index is 608. The maximum atomic E-state index is 12.0. The van der Waals surface area contributed by atoms with Crippen molar-refractivity contribution in [1.29, 1.82) is 0 Å². The monoisotopic (exact) mass is 258 g/mol. The van der Waals surface area contributed by atoms with E-state index in [1.54, 1.807) is 0 Å². The number of nitrogens with zero attached hydrogens (tertiary/aromatic N) is 2. The molecule has 3 N–H and O–H groups in total. The summed E-state index contributed by atoms with van der Waals surface area (Å²) in [5.74, 6) is -0.0595. The number of nitrogens with one attached hydrogen (secondary N) is 1. The topological polar surface area (TPSA) is 94.0 Å². The molecule has 0 radical (unpaired) electrons. The zero-order valence-corrected chi connectivity index (χ0v) is 10.3. The Balaban J connectivity index is 1.74. The van der Waals surface area contributed by atoms with E-state index in [4.69, 9.17) is 10.3 Å². The van der Waals surface area contributed by atoms with Crippen LogP contribution in [0.25, 0.3) is 0 Å². The molecular formula is C13H14N4O2. The van der Waals surface area contributed by atoms with E-state index in [1.165, 1.54) is 5.56 Å². The van der Waals surface area contributed by atoms with E-state index in [0.29, 0.717) is 5.82 Å². The number of carbonyl (C=O) groups is 1. The van der Waals surface area contributed by atoms with Crippen LogP contribution in [0.4, 0.5) is 0 Å². The highest BCUT2D eigenvalue weighted by Gasteiger charge is 2.25. The number of carbonyl (C=O) groups excluding carboxylic acids is 1. The van der Waals surface area contributed by atoms with Gasteiger partial charge in [-0.05, 0) is 24.0 Å². The third kappa shape index (κ3) is 2.22. The molecule has 1 aromatic heterocycles. The SMILES string of the molecule is NCc1noc(C(=O)N[C@@H]2CCc3ccccc32)n1. The van der Waals surface area contributed by atoms with Crippen LogP contribution in [0.2, 0.25) is 0 Å². The number of benzene rings is 1. The van der Waals surface area contributed by atoms with Gasteiger partial charge in [-0.1, -0.05) is 29.4 Å². The summed E-state index contributed by atoms with van der Waals surface area (Å²) in [5, 5.41) is 6.52. The summed E-state index contributed by atoms with van der Waals surface area (Å²) in [6.07, 6.45) is 1.86. The zero-order chi connectivity index (χ0) is 13.2. The van der Waals surface area contributed by atoms with Crippen molar-refractivity contribution in [3.63, 3.8) is 0 Å². The summed E-state index contributed by atoms with van der Waals surface area (Å²) in [5.41, 5.74) is 7.81. The minimum absolute atomic E-state index is 0.0110. The van der Waals surface area contributed by atoms with Crippen molar-refractivity contribution in [2.75, 3.05) is 0 Å². The lowest BCUT2D eigenvalue weighted by molar-refractivity contribution is 0.0892. The van der Waals surface area contributed by atoms with Crippen molar-refractivity contribution < 1.29 is 9.32 Å². The summed E-state index contributed by atoms with van der Waals surface area (Å²) in [4.78, 5) is 15.9. The van der Waals surface area contributed by atoms with Gasteiger partial charge in [-0.25, -0.2) is 0 Å². The average Bonchev–Trinajstić information content (AvgIpc) is 3.06. The number of hydrogen-bond acceptors (Lipinski definition) is 5. The van der Waals surface area contributed by atoms with Gasteiger partial charge in [-0.15, -0.1) is 0 Å². The van der Waals surface area contributed by atoms with Gasteiger partial charge in [0.05, 0.1) is 12.6 Å². The number of fused-ring (bicyclic) bond motifs is 1. The summed E-state index contributed by atoms with van der Waals surface area (Å²) in [6, 6.07) is 8.11. The zero-order valence-electron chi connectivity index (χ0n) is 10.3. The fourth-order valence-corrected chi connectivity index (χ4v) is 2.36. The van der Waals surface area contributed by atoms with E-state index in [9.17, 15) is 4.79 Å². The largest absolute Gasteiger partial charge is 0.341 e. The Morgan fingerprint density at radius 3 is 3.11 bits per heavy atom. The smallest absolute Gasteiger partial charge is 0.316 e. The molecule has 1 amide bonds. The maximum Gasteiger partial charge on any atom is 0.316 e. The van der Waals surface area contributed by atoms with Crippen LogP contribution in [0.5, 0.6) is 0 Å². The van der Waals surface area contributed by atoms with Crippen molar-refractivity contribution in [3.8, 4) is 0 Å². The molecule has 1 aliphatic carbocycles. The van der Waals surface area contributed by atoms with Crippen LogP contribution in [-0.4, -0.2) is 16.0 Å². The van der Waals surface area contributed by atoms with Gasteiger partial charge in [0.25, 0.3) is 0 Å². The van der Waals surface area contributed by atoms with Gasteiger partial charge < -0.3 is 15.6 Å². The predicted molar refractivity (Wildman–Crippen MR) is 67.2 cm³/mol. The Kier molecular flexibility index (Phi) is 3.00. The van der Waals surface area contributed by atoms with Gasteiger partial charge in [-0.3, -0.25) is 4.79 Å². The molecule has 98 valence electrons. The summed E-state index contributed by atoms with van der Waals surface area (Å²) in [7, 11) is 0. The lowest BCUT2D eigenvalue weighted by Crippen LogP contribution is -2.27. The lowest BCUT2D eigenvalue weighted by atomic mass is 10.1.